The molecule has 2 rings (SSSR count). The SMILES string of the molecule is C=CCc1cc2n(n1)CCCC(=O)N2C. The van der Waals surface area contributed by atoms with Gasteiger partial charge in [0.2, 0.25) is 5.91 Å². The number of carbonyl (C=O) groups excluding carboxylic acids is 1. The lowest BCUT2D eigenvalue weighted by molar-refractivity contribution is -0.118. The first-order valence-electron chi connectivity index (χ1n) is 5.16. The maximum absolute atomic E-state index is 11.6. The van der Waals surface area contributed by atoms with Gasteiger partial charge in [-0.2, -0.15) is 5.10 Å². The normalized spacial score (nSPS) is 16.1. The van der Waals surface area contributed by atoms with Crippen LogP contribution in [0.15, 0.2) is 18.7 Å². The lowest BCUT2D eigenvalue weighted by atomic mass is 10.3. The fraction of sp³-hybridized carbons (Fsp3) is 0.455. The molecule has 0 spiro atoms. The molecule has 0 aliphatic carbocycles. The second kappa shape index (κ2) is 3.88. The van der Waals surface area contributed by atoms with Gasteiger partial charge in [-0.15, -0.1) is 6.58 Å². The summed E-state index contributed by atoms with van der Waals surface area (Å²) in [4.78, 5) is 13.3. The van der Waals surface area contributed by atoms with Crippen molar-refractivity contribution in [3.63, 3.8) is 0 Å². The molecule has 4 nitrogen and oxygen atoms in total. The summed E-state index contributed by atoms with van der Waals surface area (Å²) >= 11 is 0. The maximum Gasteiger partial charge on any atom is 0.227 e. The Kier molecular flexibility index (Phi) is 2.58. The predicted octanol–water partition coefficient (Wildman–Crippen LogP) is 1.37. The molecule has 1 aromatic heterocycles. The molecule has 15 heavy (non-hydrogen) atoms. The summed E-state index contributed by atoms with van der Waals surface area (Å²) in [6.45, 7) is 4.51. The molecule has 80 valence electrons. The number of nitrogens with zero attached hydrogens (tertiary/aromatic N) is 3. The summed E-state index contributed by atoms with van der Waals surface area (Å²) in [7, 11) is 1.80. The lowest BCUT2D eigenvalue weighted by Gasteiger charge is -2.13. The number of fused-ring (bicyclic) bond motifs is 1. The van der Waals surface area contributed by atoms with Crippen LogP contribution in [0.2, 0.25) is 0 Å². The van der Waals surface area contributed by atoms with Crippen molar-refractivity contribution in [3.05, 3.63) is 24.4 Å². The van der Waals surface area contributed by atoms with Crippen LogP contribution in [0.5, 0.6) is 0 Å². The highest BCUT2D eigenvalue weighted by atomic mass is 16.2. The lowest BCUT2D eigenvalue weighted by Crippen LogP contribution is -2.25. The van der Waals surface area contributed by atoms with Crippen molar-refractivity contribution in [1.82, 2.24) is 9.78 Å². The van der Waals surface area contributed by atoms with Crippen molar-refractivity contribution in [1.29, 1.82) is 0 Å². The monoisotopic (exact) mass is 205 g/mol. The Bertz CT molecular complexity index is 395. The molecular weight excluding hydrogens is 190 g/mol. The van der Waals surface area contributed by atoms with Crippen molar-refractivity contribution in [2.45, 2.75) is 25.8 Å². The molecule has 1 aliphatic rings. The molecule has 1 aliphatic heterocycles. The minimum Gasteiger partial charge on any atom is -0.300 e. The number of carbonyl (C=O) groups is 1. The predicted molar refractivity (Wildman–Crippen MR) is 58.8 cm³/mol. The van der Waals surface area contributed by atoms with Crippen molar-refractivity contribution in [3.8, 4) is 0 Å². The fourth-order valence-corrected chi connectivity index (χ4v) is 1.82. The van der Waals surface area contributed by atoms with Gasteiger partial charge in [-0.3, -0.25) is 4.79 Å². The maximum atomic E-state index is 11.6. The van der Waals surface area contributed by atoms with E-state index in [1.165, 1.54) is 0 Å². The molecule has 0 aromatic carbocycles. The van der Waals surface area contributed by atoms with Crippen LogP contribution < -0.4 is 4.90 Å². The Morgan fingerprint density at radius 2 is 2.47 bits per heavy atom. The fourth-order valence-electron chi connectivity index (χ4n) is 1.82. The van der Waals surface area contributed by atoms with Crippen molar-refractivity contribution < 1.29 is 4.79 Å². The smallest absolute Gasteiger partial charge is 0.227 e. The summed E-state index contributed by atoms with van der Waals surface area (Å²) in [6, 6.07) is 1.96. The Morgan fingerprint density at radius 3 is 3.20 bits per heavy atom. The van der Waals surface area contributed by atoms with Crippen molar-refractivity contribution in [2.75, 3.05) is 11.9 Å². The van der Waals surface area contributed by atoms with Crippen molar-refractivity contribution >= 4 is 11.7 Å². The zero-order valence-corrected chi connectivity index (χ0v) is 8.94. The third-order valence-corrected chi connectivity index (χ3v) is 2.64. The van der Waals surface area contributed by atoms with E-state index in [1.807, 2.05) is 16.8 Å². The molecule has 0 fully saturated rings. The van der Waals surface area contributed by atoms with Crippen LogP contribution in [0.1, 0.15) is 18.5 Å². The van der Waals surface area contributed by atoms with Crippen LogP contribution in [0.4, 0.5) is 5.82 Å². The summed E-state index contributed by atoms with van der Waals surface area (Å²) < 4.78 is 1.91. The number of anilines is 1. The molecule has 1 aromatic rings. The largest absolute Gasteiger partial charge is 0.300 e. The molecule has 0 radical (unpaired) electrons. The van der Waals surface area contributed by atoms with Crippen LogP contribution in [0.3, 0.4) is 0 Å². The quantitative estimate of drug-likeness (QED) is 0.684. The first-order chi connectivity index (χ1) is 7.22. The minimum absolute atomic E-state index is 0.166. The number of hydrogen-bond acceptors (Lipinski definition) is 2. The highest BCUT2D eigenvalue weighted by Gasteiger charge is 2.20. The minimum atomic E-state index is 0.166. The molecule has 1 amide bonds. The highest BCUT2D eigenvalue weighted by molar-refractivity contribution is 5.92. The van der Waals surface area contributed by atoms with E-state index in [-0.39, 0.29) is 5.91 Å². The zero-order chi connectivity index (χ0) is 10.8. The third-order valence-electron chi connectivity index (χ3n) is 2.64. The van der Waals surface area contributed by atoms with Gasteiger partial charge in [-0.25, -0.2) is 4.68 Å². The summed E-state index contributed by atoms with van der Waals surface area (Å²) in [5.41, 5.74) is 0.974. The molecule has 0 N–H and O–H groups in total. The van der Waals surface area contributed by atoms with E-state index < -0.39 is 0 Å². The number of amides is 1. The van der Waals surface area contributed by atoms with Gasteiger partial charge in [-0.1, -0.05) is 6.08 Å². The molecule has 0 atom stereocenters. The number of hydrogen-bond donors (Lipinski definition) is 0. The second-order valence-corrected chi connectivity index (χ2v) is 3.77. The van der Waals surface area contributed by atoms with E-state index in [0.717, 1.165) is 30.9 Å². The van der Waals surface area contributed by atoms with Gasteiger partial charge in [0.1, 0.15) is 5.82 Å². The average Bonchev–Trinajstić information content (AvgIpc) is 2.55. The van der Waals surface area contributed by atoms with Gasteiger partial charge in [0.25, 0.3) is 0 Å². The molecule has 0 saturated heterocycles. The van der Waals surface area contributed by atoms with Crippen LogP contribution in [0.25, 0.3) is 0 Å². The topological polar surface area (TPSA) is 38.1 Å². The summed E-state index contributed by atoms with van der Waals surface area (Å²) in [6.07, 6.45) is 4.05. The number of allylic oxidation sites excluding steroid dienone is 1. The first kappa shape index (κ1) is 9.96. The van der Waals surface area contributed by atoms with E-state index in [0.29, 0.717) is 6.42 Å². The molecule has 0 saturated carbocycles. The molecular formula is C11H15N3O. The third kappa shape index (κ3) is 1.79. The van der Waals surface area contributed by atoms with Gasteiger partial charge >= 0.3 is 0 Å². The van der Waals surface area contributed by atoms with Gasteiger partial charge in [0, 0.05) is 32.5 Å². The first-order valence-corrected chi connectivity index (χ1v) is 5.16. The van der Waals surface area contributed by atoms with E-state index in [1.54, 1.807) is 11.9 Å². The van der Waals surface area contributed by atoms with Crippen LogP contribution >= 0.6 is 0 Å². The van der Waals surface area contributed by atoms with E-state index in [4.69, 9.17) is 0 Å². The Labute approximate surface area is 89.2 Å². The van der Waals surface area contributed by atoms with E-state index in [9.17, 15) is 4.79 Å². The molecule has 0 unspecified atom stereocenters. The average molecular weight is 205 g/mol. The highest BCUT2D eigenvalue weighted by Crippen LogP contribution is 2.20. The number of aromatic nitrogens is 2. The van der Waals surface area contributed by atoms with Crippen molar-refractivity contribution in [2.24, 2.45) is 0 Å². The molecule has 4 heteroatoms. The van der Waals surface area contributed by atoms with Gasteiger partial charge in [0.15, 0.2) is 0 Å². The summed E-state index contributed by atoms with van der Waals surface area (Å²) in [5, 5.41) is 4.44. The second-order valence-electron chi connectivity index (χ2n) is 3.77. The van der Waals surface area contributed by atoms with E-state index >= 15 is 0 Å². The standard InChI is InChI=1S/C11H15N3O/c1-3-5-9-8-10-13(2)11(15)6-4-7-14(10)12-9/h3,8H,1,4-7H2,2H3. The number of rotatable bonds is 2. The van der Waals surface area contributed by atoms with Crippen LogP contribution in [-0.2, 0) is 17.8 Å². The number of aryl methyl sites for hydroxylation is 1. The Balaban J connectivity index is 2.35. The molecule has 0 bridgehead atoms. The Hall–Kier alpha value is -1.58. The van der Waals surface area contributed by atoms with E-state index in [2.05, 4.69) is 11.7 Å². The van der Waals surface area contributed by atoms with Gasteiger partial charge < -0.3 is 4.90 Å². The Morgan fingerprint density at radius 1 is 1.67 bits per heavy atom. The summed E-state index contributed by atoms with van der Waals surface area (Å²) in [5.74, 6) is 1.06. The zero-order valence-electron chi connectivity index (χ0n) is 8.94. The van der Waals surface area contributed by atoms with Gasteiger partial charge in [0.05, 0.1) is 5.69 Å². The van der Waals surface area contributed by atoms with Crippen LogP contribution in [-0.4, -0.2) is 22.7 Å². The van der Waals surface area contributed by atoms with Gasteiger partial charge in [-0.05, 0) is 6.42 Å². The van der Waals surface area contributed by atoms with Crippen LogP contribution in [0, 0.1) is 0 Å². The molecule has 2 heterocycles.